The second-order valence-electron chi connectivity index (χ2n) is 9.28. The molecule has 13 nitrogen and oxygen atoms in total. The topological polar surface area (TPSA) is 174 Å². The van der Waals surface area contributed by atoms with E-state index in [0.29, 0.717) is 11.4 Å². The number of rotatable bonds is 9. The number of halogens is 1. The molecule has 1 aliphatic rings. The van der Waals surface area contributed by atoms with E-state index in [-0.39, 0.29) is 41.8 Å². The minimum absolute atomic E-state index is 0. The van der Waals surface area contributed by atoms with Gasteiger partial charge in [0.2, 0.25) is 11.4 Å². The molecule has 2 aromatic heterocycles. The molecule has 3 heterocycles. The number of likely N-dealkylation sites (N-methyl/N-ethyl adjacent to an activating group) is 1. The molecule has 6 N–H and O–H groups in total. The van der Waals surface area contributed by atoms with Crippen molar-refractivity contribution >= 4 is 52.5 Å². The zero-order valence-electron chi connectivity index (χ0n) is 22.4. The number of anilines is 4. The van der Waals surface area contributed by atoms with Gasteiger partial charge < -0.3 is 45.7 Å². The number of amides is 1. The van der Waals surface area contributed by atoms with Crippen LogP contribution in [0.1, 0.15) is 24.2 Å². The number of nitrogen functional groups attached to an aromatic ring is 1. The van der Waals surface area contributed by atoms with Crippen molar-refractivity contribution in [2.24, 2.45) is 5.73 Å². The van der Waals surface area contributed by atoms with Gasteiger partial charge in [0.15, 0.2) is 11.4 Å². The molecule has 1 atom stereocenters. The minimum atomic E-state index is -1.68. The van der Waals surface area contributed by atoms with Gasteiger partial charge in [0.05, 0.1) is 24.7 Å². The summed E-state index contributed by atoms with van der Waals surface area (Å²) >= 11 is 0. The van der Waals surface area contributed by atoms with Gasteiger partial charge in [-0.25, -0.2) is 4.98 Å². The molecule has 0 bridgehead atoms. The molecule has 1 aromatic carbocycles. The molecule has 14 heteroatoms. The van der Waals surface area contributed by atoms with Gasteiger partial charge in [-0.2, -0.15) is 4.98 Å². The number of benzene rings is 1. The van der Waals surface area contributed by atoms with E-state index in [4.69, 9.17) is 20.9 Å². The Morgan fingerprint density at radius 3 is 2.51 bits per heavy atom. The Hall–Kier alpha value is -3.65. The number of hydrogen-bond acceptors (Lipinski definition) is 11. The van der Waals surface area contributed by atoms with Crippen LogP contribution in [0.4, 0.5) is 23.1 Å². The van der Waals surface area contributed by atoms with E-state index in [2.05, 4.69) is 32.0 Å². The number of methoxy groups -OCH3 is 2. The van der Waals surface area contributed by atoms with E-state index >= 15 is 0 Å². The van der Waals surface area contributed by atoms with Crippen LogP contribution in [0.3, 0.4) is 0 Å². The monoisotopic (exact) mass is 562 g/mol. The highest BCUT2D eigenvalue weighted by molar-refractivity contribution is 6.00. The molecule has 0 radical (unpaired) electrons. The van der Waals surface area contributed by atoms with Crippen molar-refractivity contribution in [3.05, 3.63) is 40.2 Å². The van der Waals surface area contributed by atoms with Gasteiger partial charge in [-0.15, -0.1) is 12.4 Å². The smallest absolute Gasteiger partial charge is 0.256 e. The van der Waals surface area contributed by atoms with Crippen LogP contribution in [0.25, 0.3) is 11.0 Å². The molecule has 1 unspecified atom stereocenters. The van der Waals surface area contributed by atoms with E-state index in [0.717, 1.165) is 38.4 Å². The van der Waals surface area contributed by atoms with Crippen LogP contribution in [0.15, 0.2) is 29.2 Å². The number of hydrogen-bond donors (Lipinski definition) is 4. The van der Waals surface area contributed by atoms with Crippen molar-refractivity contribution in [1.82, 2.24) is 19.4 Å². The van der Waals surface area contributed by atoms with Gasteiger partial charge in [-0.05, 0) is 25.6 Å². The van der Waals surface area contributed by atoms with E-state index < -0.39 is 22.7 Å². The molecule has 1 fully saturated rings. The number of piperazine rings is 1. The summed E-state index contributed by atoms with van der Waals surface area (Å²) in [6, 6.07) is 5.82. The average molecular weight is 563 g/mol. The molecule has 1 amide bonds. The highest BCUT2D eigenvalue weighted by Gasteiger charge is 2.27. The summed E-state index contributed by atoms with van der Waals surface area (Å²) in [6.07, 6.45) is 1.28. The number of nitrogens with two attached hydrogens (primary N) is 2. The lowest BCUT2D eigenvalue weighted by Gasteiger charge is -2.35. The summed E-state index contributed by atoms with van der Waals surface area (Å²) in [7, 11) is 2.90. The molecule has 0 aliphatic carbocycles. The Balaban J connectivity index is 0.00000420. The van der Waals surface area contributed by atoms with Gasteiger partial charge in [0, 0.05) is 51.2 Å². The normalized spacial score (nSPS) is 15.5. The first-order valence-corrected chi connectivity index (χ1v) is 12.3. The Bertz CT molecular complexity index is 1410. The molecule has 0 saturated carbocycles. The number of nitrogens with one attached hydrogen (secondary N) is 1. The van der Waals surface area contributed by atoms with E-state index in [1.807, 2.05) is 18.2 Å². The predicted octanol–water partition coefficient (Wildman–Crippen LogP) is 1.14. The molecule has 1 aliphatic heterocycles. The van der Waals surface area contributed by atoms with Crippen LogP contribution in [0, 0.1) is 0 Å². The summed E-state index contributed by atoms with van der Waals surface area (Å²) in [5.41, 5.74) is 12.2. The molecule has 212 valence electrons. The number of primary amides is 1. The highest BCUT2D eigenvalue weighted by Crippen LogP contribution is 2.32. The lowest BCUT2D eigenvalue weighted by atomic mass is 10.1. The molecule has 1 saturated heterocycles. The largest absolute Gasteiger partial charge is 0.494 e. The van der Waals surface area contributed by atoms with E-state index in [1.165, 1.54) is 24.8 Å². The molecule has 3 aromatic rings. The number of ether oxygens (including phenoxy) is 2. The predicted molar refractivity (Wildman–Crippen MR) is 152 cm³/mol. The fraction of sp³-hybridized carbons (Fsp3) is 0.440. The number of carbonyl (C=O) groups is 1. The molecule has 0 spiro atoms. The van der Waals surface area contributed by atoms with Crippen LogP contribution >= 0.6 is 12.4 Å². The quantitative estimate of drug-likeness (QED) is 0.275. The van der Waals surface area contributed by atoms with Crippen molar-refractivity contribution in [3.63, 3.8) is 0 Å². The fourth-order valence-corrected chi connectivity index (χ4v) is 4.48. The number of aromatic nitrogens is 3. The molecular formula is C25H35ClN8O5. The van der Waals surface area contributed by atoms with Gasteiger partial charge in [0.1, 0.15) is 17.1 Å². The van der Waals surface area contributed by atoms with E-state index in [1.54, 1.807) is 7.11 Å². The average Bonchev–Trinajstić information content (AvgIpc) is 2.91. The van der Waals surface area contributed by atoms with Crippen LogP contribution in [-0.2, 0) is 11.3 Å². The maximum Gasteiger partial charge on any atom is 0.256 e. The Morgan fingerprint density at radius 1 is 1.23 bits per heavy atom. The summed E-state index contributed by atoms with van der Waals surface area (Å²) < 4.78 is 12.0. The van der Waals surface area contributed by atoms with Crippen LogP contribution in [0.5, 0.6) is 5.75 Å². The zero-order chi connectivity index (χ0) is 27.6. The molecule has 39 heavy (non-hydrogen) atoms. The van der Waals surface area contributed by atoms with Gasteiger partial charge in [-0.3, -0.25) is 9.59 Å². The van der Waals surface area contributed by atoms with Gasteiger partial charge >= 0.3 is 0 Å². The van der Waals surface area contributed by atoms with Gasteiger partial charge in [-0.1, -0.05) is 6.92 Å². The number of nitrogens with zero attached hydrogens (tertiary/aromatic N) is 5. The molecular weight excluding hydrogens is 528 g/mol. The first-order valence-electron chi connectivity index (χ1n) is 12.3. The van der Waals surface area contributed by atoms with Crippen molar-refractivity contribution in [3.8, 4) is 5.75 Å². The summed E-state index contributed by atoms with van der Waals surface area (Å²) in [5.74, 6) is -2.17. The maximum atomic E-state index is 13.0. The third kappa shape index (κ3) is 6.17. The third-order valence-corrected chi connectivity index (χ3v) is 6.80. The lowest BCUT2D eigenvalue weighted by molar-refractivity contribution is -0.179. The first-order chi connectivity index (χ1) is 18.1. The standard InChI is InChI=1S/C25H34N8O5.ClH/c1-5-31-8-10-32(11-9-31)15-6-7-17(18(12-15)37-3)29-24-28-13-16-20(34)19(22(27)35)21(26)33(23(16)30-24)14-25(2,36)38-4;/h6-7,12-13,36H,5,8-11,14,26H2,1-4H3,(H2,27,35)(H,28,29,30);1H. The molecule has 4 rings (SSSR count). The summed E-state index contributed by atoms with van der Waals surface area (Å²) in [4.78, 5) is 38.4. The van der Waals surface area contributed by atoms with Crippen molar-refractivity contribution < 1.29 is 19.4 Å². The van der Waals surface area contributed by atoms with Crippen LogP contribution < -0.4 is 31.8 Å². The number of pyridine rings is 1. The Morgan fingerprint density at radius 2 is 1.92 bits per heavy atom. The number of carbonyl (C=O) groups excluding carboxylic acids is 1. The van der Waals surface area contributed by atoms with Crippen LogP contribution in [-0.4, -0.2) is 83.2 Å². The summed E-state index contributed by atoms with van der Waals surface area (Å²) in [6.45, 7) is 8.24. The lowest BCUT2D eigenvalue weighted by Crippen LogP contribution is -2.46. The van der Waals surface area contributed by atoms with Crippen LogP contribution in [0.2, 0.25) is 0 Å². The Kier molecular flexibility index (Phi) is 9.22. The number of fused-ring (bicyclic) bond motifs is 1. The maximum absolute atomic E-state index is 13.0. The number of aliphatic hydroxyl groups is 1. The SMILES string of the molecule is CCN1CCN(c2ccc(Nc3ncc4c(=O)c(C(N)=O)c(N)n(CC(C)(O)OC)c4n3)c(OC)c2)CC1.Cl. The van der Waals surface area contributed by atoms with E-state index in [9.17, 15) is 14.7 Å². The van der Waals surface area contributed by atoms with Crippen molar-refractivity contribution in [2.45, 2.75) is 26.2 Å². The van der Waals surface area contributed by atoms with Crippen molar-refractivity contribution in [2.75, 3.05) is 62.9 Å². The zero-order valence-corrected chi connectivity index (χ0v) is 23.2. The highest BCUT2D eigenvalue weighted by atomic mass is 35.5. The fourth-order valence-electron chi connectivity index (χ4n) is 4.48. The second-order valence-corrected chi connectivity index (χ2v) is 9.28. The third-order valence-electron chi connectivity index (χ3n) is 6.80. The first kappa shape index (κ1) is 29.9. The summed E-state index contributed by atoms with van der Waals surface area (Å²) in [5, 5.41) is 13.7. The minimum Gasteiger partial charge on any atom is -0.494 e. The second kappa shape index (κ2) is 12.0. The van der Waals surface area contributed by atoms with Crippen molar-refractivity contribution in [1.29, 1.82) is 0 Å². The Labute approximate surface area is 232 Å². The van der Waals surface area contributed by atoms with Gasteiger partial charge in [0.25, 0.3) is 5.91 Å².